The van der Waals surface area contributed by atoms with Gasteiger partial charge in [0.25, 0.3) is 0 Å². The number of hydrogen-bond acceptors (Lipinski definition) is 4. The Morgan fingerprint density at radius 3 is 2.25 bits per heavy atom. The van der Waals surface area contributed by atoms with Crippen LogP contribution in [0.4, 0.5) is 0 Å². The molecule has 0 aromatic heterocycles. The molecule has 0 unspecified atom stereocenters. The van der Waals surface area contributed by atoms with Gasteiger partial charge >= 0.3 is 0 Å². The molecule has 88 valence electrons. The van der Waals surface area contributed by atoms with Gasteiger partial charge in [0.2, 0.25) is 0 Å². The Balaban J connectivity index is 2.19. The topological polar surface area (TPSA) is 72.7 Å². The molecule has 1 heterocycles. The highest BCUT2D eigenvalue weighted by Crippen LogP contribution is 2.28. The van der Waals surface area contributed by atoms with Crippen LogP contribution in [-0.2, 0) is 0 Å². The molecule has 1 aromatic carbocycles. The van der Waals surface area contributed by atoms with Gasteiger partial charge < -0.3 is 20.6 Å². The highest BCUT2D eigenvalue weighted by Gasteiger charge is 2.41. The number of halogens is 1. The van der Waals surface area contributed by atoms with Gasteiger partial charge in [-0.05, 0) is 17.7 Å². The fourth-order valence-electron chi connectivity index (χ4n) is 1.99. The van der Waals surface area contributed by atoms with E-state index >= 15 is 0 Å². The summed E-state index contributed by atoms with van der Waals surface area (Å²) in [6.45, 7) is -0.206. The van der Waals surface area contributed by atoms with E-state index in [1.54, 1.807) is 24.3 Å². The lowest BCUT2D eigenvalue weighted by atomic mass is 10.0. The van der Waals surface area contributed by atoms with Crippen molar-refractivity contribution in [1.29, 1.82) is 0 Å². The Bertz CT molecular complexity index is 357. The summed E-state index contributed by atoms with van der Waals surface area (Å²) in [5, 5.41) is 32.1. The molecule has 0 amide bonds. The van der Waals surface area contributed by atoms with Gasteiger partial charge in [0.05, 0.1) is 24.8 Å². The van der Waals surface area contributed by atoms with Crippen LogP contribution in [0.2, 0.25) is 5.02 Å². The first-order valence-electron chi connectivity index (χ1n) is 5.12. The number of benzene rings is 1. The Morgan fingerprint density at radius 1 is 1.12 bits per heavy atom. The zero-order chi connectivity index (χ0) is 11.7. The second kappa shape index (κ2) is 4.69. The van der Waals surface area contributed by atoms with Crippen molar-refractivity contribution in [3.63, 3.8) is 0 Å². The average Bonchev–Trinajstić information content (AvgIpc) is 2.57. The van der Waals surface area contributed by atoms with E-state index < -0.39 is 18.2 Å². The molecular weight excluding hydrogens is 230 g/mol. The highest BCUT2D eigenvalue weighted by atomic mass is 35.5. The van der Waals surface area contributed by atoms with Crippen LogP contribution >= 0.6 is 11.6 Å². The maximum Gasteiger partial charge on any atom is 0.101 e. The van der Waals surface area contributed by atoms with Gasteiger partial charge in [-0.25, -0.2) is 0 Å². The summed E-state index contributed by atoms with van der Waals surface area (Å²) in [5.74, 6) is 0. The van der Waals surface area contributed by atoms with Gasteiger partial charge in [0.15, 0.2) is 0 Å². The number of rotatable bonds is 2. The van der Waals surface area contributed by atoms with Crippen molar-refractivity contribution < 1.29 is 15.3 Å². The lowest BCUT2D eigenvalue weighted by molar-refractivity contribution is 0.0194. The highest BCUT2D eigenvalue weighted by molar-refractivity contribution is 6.30. The fraction of sp³-hybridized carbons (Fsp3) is 0.455. The second-order valence-corrected chi connectivity index (χ2v) is 4.40. The summed E-state index contributed by atoms with van der Waals surface area (Å²) < 4.78 is 0. The molecule has 4 nitrogen and oxygen atoms in total. The lowest BCUT2D eigenvalue weighted by Gasteiger charge is -2.16. The molecule has 16 heavy (non-hydrogen) atoms. The molecule has 2 rings (SSSR count). The predicted molar refractivity (Wildman–Crippen MR) is 60.2 cm³/mol. The van der Waals surface area contributed by atoms with Crippen LogP contribution < -0.4 is 5.32 Å². The minimum absolute atomic E-state index is 0.206. The van der Waals surface area contributed by atoms with Crippen LogP contribution in [0.5, 0.6) is 0 Å². The summed E-state index contributed by atoms with van der Waals surface area (Å²) in [4.78, 5) is 0. The summed E-state index contributed by atoms with van der Waals surface area (Å²) >= 11 is 5.77. The van der Waals surface area contributed by atoms with E-state index in [0.29, 0.717) is 5.02 Å². The predicted octanol–water partition coefficient (Wildman–Crippen LogP) is 0.0670. The van der Waals surface area contributed by atoms with E-state index in [4.69, 9.17) is 16.7 Å². The van der Waals surface area contributed by atoms with Gasteiger partial charge in [-0.3, -0.25) is 0 Å². The minimum atomic E-state index is -0.953. The van der Waals surface area contributed by atoms with Gasteiger partial charge in [0, 0.05) is 5.02 Å². The molecular formula is C11H14ClNO3. The summed E-state index contributed by atoms with van der Waals surface area (Å²) in [7, 11) is 0. The van der Waals surface area contributed by atoms with Gasteiger partial charge in [0.1, 0.15) is 6.10 Å². The van der Waals surface area contributed by atoms with Crippen LogP contribution in [0.3, 0.4) is 0 Å². The summed E-state index contributed by atoms with van der Waals surface area (Å²) in [5.41, 5.74) is 0.840. The summed E-state index contributed by atoms with van der Waals surface area (Å²) in [6, 6.07) is 6.17. The largest absolute Gasteiger partial charge is 0.395 e. The SMILES string of the molecule is OC[C@H]1N[C@@H](c2ccc(Cl)cc2)[C@H](O)[C@@H]1O. The van der Waals surface area contributed by atoms with Gasteiger partial charge in [-0.1, -0.05) is 23.7 Å². The molecule has 4 atom stereocenters. The third-order valence-corrected chi connectivity index (χ3v) is 3.18. The smallest absolute Gasteiger partial charge is 0.101 e. The van der Waals surface area contributed by atoms with E-state index in [1.807, 2.05) is 0 Å². The van der Waals surface area contributed by atoms with Crippen molar-refractivity contribution in [2.75, 3.05) is 6.61 Å². The zero-order valence-electron chi connectivity index (χ0n) is 8.55. The molecule has 1 saturated heterocycles. The average molecular weight is 244 g/mol. The standard InChI is InChI=1S/C11H14ClNO3/c12-7-3-1-6(2-4-7)9-11(16)10(15)8(5-14)13-9/h1-4,8-11,13-16H,5H2/t8-,9+,10-,11+/m1/s1. The van der Waals surface area contributed by atoms with Gasteiger partial charge in [-0.15, -0.1) is 0 Å². The number of aliphatic hydroxyl groups is 3. The van der Waals surface area contributed by atoms with Crippen molar-refractivity contribution in [2.45, 2.75) is 24.3 Å². The fourth-order valence-corrected chi connectivity index (χ4v) is 2.11. The molecule has 1 aliphatic heterocycles. The van der Waals surface area contributed by atoms with Crippen LogP contribution in [0.15, 0.2) is 24.3 Å². The molecule has 5 heteroatoms. The Kier molecular flexibility index (Phi) is 3.47. The maximum absolute atomic E-state index is 9.83. The number of aliphatic hydroxyl groups excluding tert-OH is 3. The Morgan fingerprint density at radius 2 is 1.75 bits per heavy atom. The van der Waals surface area contributed by atoms with E-state index in [2.05, 4.69) is 5.32 Å². The van der Waals surface area contributed by atoms with Crippen molar-refractivity contribution in [3.05, 3.63) is 34.9 Å². The number of nitrogens with one attached hydrogen (secondary N) is 1. The molecule has 0 saturated carbocycles. The minimum Gasteiger partial charge on any atom is -0.395 e. The van der Waals surface area contributed by atoms with Gasteiger partial charge in [-0.2, -0.15) is 0 Å². The van der Waals surface area contributed by atoms with Crippen molar-refractivity contribution in [3.8, 4) is 0 Å². The number of hydrogen-bond donors (Lipinski definition) is 4. The maximum atomic E-state index is 9.83. The molecule has 0 spiro atoms. The van der Waals surface area contributed by atoms with Crippen molar-refractivity contribution >= 4 is 11.6 Å². The first kappa shape index (κ1) is 11.8. The normalized spacial score (nSPS) is 34.2. The lowest BCUT2D eigenvalue weighted by Crippen LogP contribution is -2.35. The molecule has 0 aliphatic carbocycles. The van der Waals surface area contributed by atoms with E-state index in [-0.39, 0.29) is 12.6 Å². The van der Waals surface area contributed by atoms with Crippen molar-refractivity contribution in [1.82, 2.24) is 5.32 Å². The molecule has 1 fully saturated rings. The molecule has 1 aliphatic rings. The monoisotopic (exact) mass is 243 g/mol. The Labute approximate surface area is 98.5 Å². The van der Waals surface area contributed by atoms with E-state index in [1.165, 1.54) is 0 Å². The van der Waals surface area contributed by atoms with Crippen molar-refractivity contribution in [2.24, 2.45) is 0 Å². The Hall–Kier alpha value is -0.650. The molecule has 4 N–H and O–H groups in total. The molecule has 1 aromatic rings. The van der Waals surface area contributed by atoms with Crippen LogP contribution in [0.25, 0.3) is 0 Å². The quantitative estimate of drug-likeness (QED) is 0.593. The molecule has 0 bridgehead atoms. The third kappa shape index (κ3) is 2.07. The summed E-state index contributed by atoms with van der Waals surface area (Å²) in [6.07, 6.45) is -1.87. The second-order valence-electron chi connectivity index (χ2n) is 3.97. The van der Waals surface area contributed by atoms with E-state index in [9.17, 15) is 10.2 Å². The zero-order valence-corrected chi connectivity index (χ0v) is 9.30. The first-order chi connectivity index (χ1) is 7.63. The third-order valence-electron chi connectivity index (χ3n) is 2.92. The van der Waals surface area contributed by atoms with Crippen LogP contribution in [0, 0.1) is 0 Å². The molecule has 0 radical (unpaired) electrons. The van der Waals surface area contributed by atoms with E-state index in [0.717, 1.165) is 5.56 Å². The van der Waals surface area contributed by atoms with Crippen LogP contribution in [0.1, 0.15) is 11.6 Å². The first-order valence-corrected chi connectivity index (χ1v) is 5.50. The van der Waals surface area contributed by atoms with Crippen LogP contribution in [-0.4, -0.2) is 40.2 Å².